The maximum absolute atomic E-state index is 11.2. The molecule has 3 aromatic rings. The lowest BCUT2D eigenvalue weighted by molar-refractivity contribution is -0.112. The van der Waals surface area contributed by atoms with Crippen molar-refractivity contribution in [3.05, 3.63) is 66.5 Å². The first-order chi connectivity index (χ1) is 15.5. The van der Waals surface area contributed by atoms with Crippen molar-refractivity contribution in [2.45, 2.75) is 13.8 Å². The third-order valence-electron chi connectivity index (χ3n) is 5.11. The van der Waals surface area contributed by atoms with E-state index >= 15 is 0 Å². The number of anilines is 1. The van der Waals surface area contributed by atoms with Crippen LogP contribution in [0, 0.1) is 11.8 Å². The van der Waals surface area contributed by atoms with Crippen LogP contribution >= 0.6 is 0 Å². The third-order valence-corrected chi connectivity index (χ3v) is 5.11. The highest BCUT2D eigenvalue weighted by atomic mass is 16.5. The summed E-state index contributed by atoms with van der Waals surface area (Å²) < 4.78 is 5.85. The van der Waals surface area contributed by atoms with Gasteiger partial charge < -0.3 is 21.1 Å². The minimum Gasteiger partial charge on any atom is -0.493 e. The molecule has 0 saturated carbocycles. The second kappa shape index (κ2) is 8.86. The number of fused-ring (bicyclic) bond motifs is 3. The second-order valence-corrected chi connectivity index (χ2v) is 7.20. The maximum atomic E-state index is 11.2. The standard InChI is InChI=1S/C26H24N4O2/c1-4-28-26-20-12-10-17(19-8-6-7-9-22(19)32-5-2)14-21(20)24-16(3)29-15-18(25(24)30-26)11-13-23(27)31/h6-10,12,14-15,29H,3-5H2,1-2H3,(H2,27,31)(H,28,30). The van der Waals surface area contributed by atoms with E-state index in [0.717, 1.165) is 39.0 Å². The van der Waals surface area contributed by atoms with Gasteiger partial charge in [-0.3, -0.25) is 4.79 Å². The molecule has 0 spiro atoms. The number of amides is 1. The fourth-order valence-corrected chi connectivity index (χ4v) is 3.79. The first kappa shape index (κ1) is 21.0. The summed E-state index contributed by atoms with van der Waals surface area (Å²) in [6, 6.07) is 14.2. The number of hydrogen-bond acceptors (Lipinski definition) is 5. The van der Waals surface area contributed by atoms with Gasteiger partial charge >= 0.3 is 0 Å². The molecule has 2 aromatic carbocycles. The van der Waals surface area contributed by atoms with Crippen molar-refractivity contribution >= 4 is 33.8 Å². The highest BCUT2D eigenvalue weighted by Gasteiger charge is 2.22. The molecule has 0 atom stereocenters. The van der Waals surface area contributed by atoms with Crippen LogP contribution in [0.3, 0.4) is 0 Å². The molecule has 0 fully saturated rings. The van der Waals surface area contributed by atoms with Gasteiger partial charge in [0.2, 0.25) is 0 Å². The van der Waals surface area contributed by atoms with Gasteiger partial charge in [0.15, 0.2) is 0 Å². The topological polar surface area (TPSA) is 89.3 Å². The predicted molar refractivity (Wildman–Crippen MR) is 130 cm³/mol. The van der Waals surface area contributed by atoms with Crippen LogP contribution in [-0.2, 0) is 4.79 Å². The van der Waals surface area contributed by atoms with Gasteiger partial charge in [0, 0.05) is 40.9 Å². The van der Waals surface area contributed by atoms with E-state index in [-0.39, 0.29) is 0 Å². The maximum Gasteiger partial charge on any atom is 0.293 e. The predicted octanol–water partition coefficient (Wildman–Crippen LogP) is 4.14. The largest absolute Gasteiger partial charge is 0.493 e. The number of ether oxygens (including phenoxy) is 1. The highest BCUT2D eigenvalue weighted by molar-refractivity contribution is 6.07. The summed E-state index contributed by atoms with van der Waals surface area (Å²) >= 11 is 0. The van der Waals surface area contributed by atoms with Crippen LogP contribution in [0.5, 0.6) is 5.75 Å². The average Bonchev–Trinajstić information content (AvgIpc) is 2.79. The lowest BCUT2D eigenvalue weighted by Crippen LogP contribution is -2.15. The Kier molecular flexibility index (Phi) is 5.82. The zero-order valence-electron chi connectivity index (χ0n) is 18.1. The number of nitrogens with zero attached hydrogens (tertiary/aromatic N) is 1. The first-order valence-electron chi connectivity index (χ1n) is 10.4. The normalized spacial score (nSPS) is 12.2. The summed E-state index contributed by atoms with van der Waals surface area (Å²) in [5.41, 5.74) is 10.0. The molecule has 1 aromatic heterocycles. The van der Waals surface area contributed by atoms with Crippen LogP contribution in [0.15, 0.2) is 55.2 Å². The summed E-state index contributed by atoms with van der Waals surface area (Å²) in [4.78, 5) is 16.1. The van der Waals surface area contributed by atoms with Crippen LogP contribution < -0.4 is 21.1 Å². The van der Waals surface area contributed by atoms with E-state index < -0.39 is 5.91 Å². The van der Waals surface area contributed by atoms with E-state index in [0.29, 0.717) is 30.1 Å². The lowest BCUT2D eigenvalue weighted by atomic mass is 9.92. The molecule has 1 amide bonds. The number of benzene rings is 2. The molecule has 6 nitrogen and oxygen atoms in total. The third kappa shape index (κ3) is 3.88. The van der Waals surface area contributed by atoms with Crippen molar-refractivity contribution in [2.24, 2.45) is 5.73 Å². The van der Waals surface area contributed by atoms with E-state index in [1.165, 1.54) is 0 Å². The van der Waals surface area contributed by atoms with Crippen molar-refractivity contribution in [1.29, 1.82) is 0 Å². The Labute approximate surface area is 187 Å². The summed E-state index contributed by atoms with van der Waals surface area (Å²) in [7, 11) is 0. The van der Waals surface area contributed by atoms with Crippen LogP contribution in [0.25, 0.3) is 33.2 Å². The van der Waals surface area contributed by atoms with Gasteiger partial charge in [-0.15, -0.1) is 0 Å². The molecule has 4 N–H and O–H groups in total. The van der Waals surface area contributed by atoms with E-state index in [1.807, 2.05) is 38.1 Å². The summed E-state index contributed by atoms with van der Waals surface area (Å²) in [5, 5.41) is 8.43. The molecule has 0 unspecified atom stereocenters. The van der Waals surface area contributed by atoms with E-state index in [2.05, 4.69) is 47.3 Å². The van der Waals surface area contributed by atoms with E-state index in [1.54, 1.807) is 6.20 Å². The molecule has 32 heavy (non-hydrogen) atoms. The number of pyridine rings is 1. The smallest absolute Gasteiger partial charge is 0.293 e. The number of rotatable bonds is 5. The summed E-state index contributed by atoms with van der Waals surface area (Å²) in [6.07, 6.45) is 1.70. The molecule has 1 aliphatic heterocycles. The minimum absolute atomic E-state index is 0.576. The van der Waals surface area contributed by atoms with Gasteiger partial charge in [-0.2, -0.15) is 0 Å². The average molecular weight is 425 g/mol. The van der Waals surface area contributed by atoms with Gasteiger partial charge in [-0.25, -0.2) is 4.98 Å². The number of nitrogens with two attached hydrogens (primary N) is 1. The first-order valence-corrected chi connectivity index (χ1v) is 10.4. The lowest BCUT2D eigenvalue weighted by Gasteiger charge is -2.22. The number of primary amides is 1. The molecular weight excluding hydrogens is 400 g/mol. The molecule has 2 heterocycles. The number of allylic oxidation sites excluding steroid dienone is 1. The molecule has 4 rings (SSSR count). The second-order valence-electron chi connectivity index (χ2n) is 7.20. The Morgan fingerprint density at radius 1 is 1.22 bits per heavy atom. The summed E-state index contributed by atoms with van der Waals surface area (Å²) in [6.45, 7) is 9.46. The Balaban J connectivity index is 2.00. The van der Waals surface area contributed by atoms with Gasteiger partial charge in [-0.1, -0.05) is 42.8 Å². The number of carbonyl (C=O) groups excluding carboxylic acids is 1. The van der Waals surface area contributed by atoms with Crippen molar-refractivity contribution in [1.82, 2.24) is 10.3 Å². The molecule has 0 saturated heterocycles. The Morgan fingerprint density at radius 3 is 2.78 bits per heavy atom. The van der Waals surface area contributed by atoms with E-state index in [4.69, 9.17) is 15.5 Å². The highest BCUT2D eigenvalue weighted by Crippen LogP contribution is 2.39. The number of hydrogen-bond donors (Lipinski definition) is 3. The SMILES string of the molecule is C=C1NC=C(C#CC(N)=O)c2nc(NCC)c3ccc(-c4ccccc4OCC)cc3c21. The van der Waals surface area contributed by atoms with Crippen LogP contribution in [0.2, 0.25) is 0 Å². The van der Waals surface area contributed by atoms with Gasteiger partial charge in [0.1, 0.15) is 11.6 Å². The molecule has 6 heteroatoms. The number of nitrogens with one attached hydrogen (secondary N) is 2. The van der Waals surface area contributed by atoms with Crippen molar-refractivity contribution in [3.8, 4) is 28.7 Å². The minimum atomic E-state index is -0.695. The fourth-order valence-electron chi connectivity index (χ4n) is 3.79. The summed E-state index contributed by atoms with van der Waals surface area (Å²) in [5.74, 6) is 6.11. The number of aromatic nitrogens is 1. The monoisotopic (exact) mass is 424 g/mol. The molecular formula is C26H24N4O2. The number of para-hydroxylation sites is 1. The van der Waals surface area contributed by atoms with Crippen molar-refractivity contribution in [3.63, 3.8) is 0 Å². The quantitative estimate of drug-likeness (QED) is 0.536. The fraction of sp³-hybridized carbons (Fsp3) is 0.154. The van der Waals surface area contributed by atoms with Crippen LogP contribution in [-0.4, -0.2) is 24.0 Å². The molecule has 0 radical (unpaired) electrons. The Hall–Kier alpha value is -4.24. The zero-order chi connectivity index (χ0) is 22.7. The van der Waals surface area contributed by atoms with Gasteiger partial charge in [-0.05, 0) is 36.9 Å². The zero-order valence-corrected chi connectivity index (χ0v) is 18.1. The molecule has 160 valence electrons. The Morgan fingerprint density at radius 2 is 2.03 bits per heavy atom. The van der Waals surface area contributed by atoms with Crippen LogP contribution in [0.1, 0.15) is 25.1 Å². The molecule has 0 aliphatic carbocycles. The number of carbonyl (C=O) groups is 1. The van der Waals surface area contributed by atoms with E-state index in [9.17, 15) is 4.79 Å². The van der Waals surface area contributed by atoms with Gasteiger partial charge in [0.05, 0.1) is 17.9 Å². The Bertz CT molecular complexity index is 1330. The van der Waals surface area contributed by atoms with Gasteiger partial charge in [0.25, 0.3) is 5.91 Å². The van der Waals surface area contributed by atoms with Crippen LogP contribution in [0.4, 0.5) is 5.82 Å². The molecule has 0 bridgehead atoms. The van der Waals surface area contributed by atoms with Crippen molar-refractivity contribution in [2.75, 3.05) is 18.5 Å². The molecule has 1 aliphatic rings. The van der Waals surface area contributed by atoms with Crippen molar-refractivity contribution < 1.29 is 9.53 Å².